The maximum atomic E-state index is 11.8. The van der Waals surface area contributed by atoms with Gasteiger partial charge in [-0.25, -0.2) is 0 Å². The van der Waals surface area contributed by atoms with Crippen molar-refractivity contribution >= 4 is 24.6 Å². The molecule has 1 aromatic rings. The van der Waals surface area contributed by atoms with Gasteiger partial charge in [0.25, 0.3) is 0 Å². The smallest absolute Gasteiger partial charge is 0.234 e. The molecule has 93 valence electrons. The van der Waals surface area contributed by atoms with Crippen LogP contribution in [0.5, 0.6) is 0 Å². The lowest BCUT2D eigenvalue weighted by Crippen LogP contribution is -2.39. The van der Waals surface area contributed by atoms with Crippen molar-refractivity contribution in [1.29, 1.82) is 0 Å². The summed E-state index contributed by atoms with van der Waals surface area (Å²) in [6.45, 7) is 4.25. The molecule has 0 saturated carbocycles. The second kappa shape index (κ2) is 5.38. The minimum Gasteiger partial charge on any atom is -0.296 e. The number of amides is 2. The van der Waals surface area contributed by atoms with Gasteiger partial charge in [0.2, 0.25) is 11.8 Å². The van der Waals surface area contributed by atoms with Crippen LogP contribution in [0, 0.1) is 0 Å². The van der Waals surface area contributed by atoms with E-state index in [2.05, 4.69) is 26.4 Å². The second-order valence-electron chi connectivity index (χ2n) is 5.08. The van der Waals surface area contributed by atoms with Crippen LogP contribution in [0.2, 0.25) is 5.82 Å². The Balaban J connectivity index is 2.17. The summed E-state index contributed by atoms with van der Waals surface area (Å²) < 4.78 is 0. The van der Waals surface area contributed by atoms with E-state index in [1.54, 1.807) is 0 Å². The predicted molar refractivity (Wildman–Crippen MR) is 72.1 cm³/mol. The van der Waals surface area contributed by atoms with E-state index >= 15 is 0 Å². The van der Waals surface area contributed by atoms with E-state index < -0.39 is 0 Å². The molecule has 0 spiro atoms. The zero-order valence-corrected chi connectivity index (χ0v) is 10.8. The third-order valence-electron chi connectivity index (χ3n) is 3.08. The molecule has 2 amide bonds. The Morgan fingerprint density at radius 2 is 2.11 bits per heavy atom. The van der Waals surface area contributed by atoms with Crippen LogP contribution in [0.3, 0.4) is 0 Å². The fraction of sp³-hybridized carbons (Fsp3) is 0.429. The summed E-state index contributed by atoms with van der Waals surface area (Å²) in [5.41, 5.74) is 2.13. The summed E-state index contributed by atoms with van der Waals surface area (Å²) in [6.07, 6.45) is 1.03. The van der Waals surface area contributed by atoms with Crippen LogP contribution in [-0.2, 0) is 9.59 Å². The standard InChI is InChI=1S/C14H17BNO2/c1-9(2)15-11-5-3-4-10(8-11)12-6-7-13(17)16-14(12)18/h3-5,8-9,12H,6-7H2,1-2H3,(H,16,17,18). The van der Waals surface area contributed by atoms with Gasteiger partial charge in [0, 0.05) is 6.42 Å². The third kappa shape index (κ3) is 3.00. The molecule has 1 aliphatic rings. The molecule has 1 unspecified atom stereocenters. The van der Waals surface area contributed by atoms with Crippen LogP contribution >= 0.6 is 0 Å². The van der Waals surface area contributed by atoms with Crippen LogP contribution in [-0.4, -0.2) is 19.1 Å². The molecule has 0 aliphatic carbocycles. The van der Waals surface area contributed by atoms with Crippen molar-refractivity contribution in [2.75, 3.05) is 0 Å². The maximum Gasteiger partial charge on any atom is 0.234 e. The van der Waals surface area contributed by atoms with Gasteiger partial charge in [-0.15, -0.1) is 0 Å². The molecular formula is C14H17BNO2. The predicted octanol–water partition coefficient (Wildman–Crippen LogP) is 1.36. The molecule has 0 aromatic heterocycles. The first-order chi connectivity index (χ1) is 8.56. The topological polar surface area (TPSA) is 46.2 Å². The van der Waals surface area contributed by atoms with Crippen LogP contribution in [0.25, 0.3) is 0 Å². The average molecular weight is 242 g/mol. The van der Waals surface area contributed by atoms with Crippen molar-refractivity contribution < 1.29 is 9.59 Å². The number of imide groups is 1. The Morgan fingerprint density at radius 3 is 2.78 bits per heavy atom. The van der Waals surface area contributed by atoms with Crippen molar-refractivity contribution in [3.63, 3.8) is 0 Å². The molecule has 1 fully saturated rings. The molecule has 0 bridgehead atoms. The summed E-state index contributed by atoms with van der Waals surface area (Å²) in [4.78, 5) is 22.9. The molecule has 2 rings (SSSR count). The van der Waals surface area contributed by atoms with Gasteiger partial charge >= 0.3 is 0 Å². The number of carbonyl (C=O) groups is 2. The van der Waals surface area contributed by atoms with Crippen molar-refractivity contribution in [3.05, 3.63) is 29.8 Å². The fourth-order valence-electron chi connectivity index (χ4n) is 2.28. The Labute approximate surface area is 108 Å². The van der Waals surface area contributed by atoms with E-state index in [-0.39, 0.29) is 17.7 Å². The zero-order chi connectivity index (χ0) is 13.1. The molecule has 1 heterocycles. The van der Waals surface area contributed by atoms with Gasteiger partial charge < -0.3 is 0 Å². The number of hydrogen-bond donors (Lipinski definition) is 1. The SMILES string of the molecule is CC(C)[B]c1cccc(C2CCC(=O)NC2=O)c1. The van der Waals surface area contributed by atoms with Gasteiger partial charge in [0.05, 0.1) is 5.92 Å². The maximum absolute atomic E-state index is 11.8. The number of piperidine rings is 1. The van der Waals surface area contributed by atoms with Gasteiger partial charge in [0.15, 0.2) is 7.28 Å². The highest BCUT2D eigenvalue weighted by Gasteiger charge is 2.27. The van der Waals surface area contributed by atoms with Gasteiger partial charge in [-0.2, -0.15) is 0 Å². The molecule has 1 saturated heterocycles. The Kier molecular flexibility index (Phi) is 3.85. The van der Waals surface area contributed by atoms with Crippen molar-refractivity contribution in [2.45, 2.75) is 38.4 Å². The molecular weight excluding hydrogens is 225 g/mol. The molecule has 4 heteroatoms. The normalized spacial score (nSPS) is 19.8. The minimum atomic E-state index is -0.191. The second-order valence-corrected chi connectivity index (χ2v) is 5.08. The molecule has 18 heavy (non-hydrogen) atoms. The van der Waals surface area contributed by atoms with Crippen LogP contribution in [0.4, 0.5) is 0 Å². The molecule has 1 atom stereocenters. The van der Waals surface area contributed by atoms with Gasteiger partial charge in [-0.05, 0) is 12.0 Å². The van der Waals surface area contributed by atoms with Gasteiger partial charge in [-0.3, -0.25) is 14.9 Å². The Bertz CT molecular complexity index is 471. The fourth-order valence-corrected chi connectivity index (χ4v) is 2.28. The first-order valence-corrected chi connectivity index (χ1v) is 6.35. The first kappa shape index (κ1) is 12.9. The van der Waals surface area contributed by atoms with E-state index in [9.17, 15) is 9.59 Å². The lowest BCUT2D eigenvalue weighted by Gasteiger charge is -2.21. The van der Waals surface area contributed by atoms with E-state index in [1.165, 1.54) is 0 Å². The molecule has 1 radical (unpaired) electrons. The molecule has 1 aromatic carbocycles. The van der Waals surface area contributed by atoms with Gasteiger partial charge in [0.1, 0.15) is 0 Å². The summed E-state index contributed by atoms with van der Waals surface area (Å²) in [7, 11) is 2.16. The first-order valence-electron chi connectivity index (χ1n) is 6.35. The average Bonchev–Trinajstić information content (AvgIpc) is 2.28. The van der Waals surface area contributed by atoms with E-state index in [0.717, 1.165) is 11.0 Å². The number of carbonyl (C=O) groups excluding carboxylic acids is 2. The van der Waals surface area contributed by atoms with Crippen LogP contribution in [0.15, 0.2) is 24.3 Å². The van der Waals surface area contributed by atoms with E-state index in [1.807, 2.05) is 24.3 Å². The number of hydrogen-bond acceptors (Lipinski definition) is 2. The molecule has 1 aliphatic heterocycles. The highest BCUT2D eigenvalue weighted by molar-refractivity contribution is 6.54. The number of benzene rings is 1. The monoisotopic (exact) mass is 242 g/mol. The zero-order valence-electron chi connectivity index (χ0n) is 10.8. The van der Waals surface area contributed by atoms with Crippen molar-refractivity contribution in [3.8, 4) is 0 Å². The lowest BCUT2D eigenvalue weighted by molar-refractivity contribution is -0.134. The van der Waals surface area contributed by atoms with Crippen LogP contribution in [0.1, 0.15) is 38.2 Å². The Morgan fingerprint density at radius 1 is 1.33 bits per heavy atom. The third-order valence-corrected chi connectivity index (χ3v) is 3.08. The van der Waals surface area contributed by atoms with Crippen molar-refractivity contribution in [2.24, 2.45) is 0 Å². The largest absolute Gasteiger partial charge is 0.296 e. The van der Waals surface area contributed by atoms with Crippen molar-refractivity contribution in [1.82, 2.24) is 5.32 Å². The highest BCUT2D eigenvalue weighted by atomic mass is 16.2. The highest BCUT2D eigenvalue weighted by Crippen LogP contribution is 2.23. The minimum absolute atomic E-state index is 0.166. The quantitative estimate of drug-likeness (QED) is 0.642. The van der Waals surface area contributed by atoms with E-state index in [4.69, 9.17) is 0 Å². The summed E-state index contributed by atoms with van der Waals surface area (Å²) in [6, 6.07) is 8.00. The van der Waals surface area contributed by atoms with E-state index in [0.29, 0.717) is 18.7 Å². The summed E-state index contributed by atoms with van der Waals surface area (Å²) in [5, 5.41) is 2.40. The molecule has 3 nitrogen and oxygen atoms in total. The Hall–Kier alpha value is -1.58. The van der Waals surface area contributed by atoms with Gasteiger partial charge in [-0.1, -0.05) is 49.4 Å². The lowest BCUT2D eigenvalue weighted by atomic mass is 9.60. The summed E-state index contributed by atoms with van der Waals surface area (Å²) in [5.74, 6) is -0.0562. The molecule has 1 N–H and O–H groups in total. The summed E-state index contributed by atoms with van der Waals surface area (Å²) >= 11 is 0. The number of nitrogens with one attached hydrogen (secondary N) is 1. The number of rotatable bonds is 3. The van der Waals surface area contributed by atoms with Crippen LogP contribution < -0.4 is 10.8 Å².